The molecule has 0 bridgehead atoms. The molecule has 0 heterocycles. The highest BCUT2D eigenvalue weighted by molar-refractivity contribution is 7.90. The minimum Gasteiger partial charge on any atom is -0.383 e. The van der Waals surface area contributed by atoms with E-state index in [1.54, 1.807) is 25.3 Å². The molecule has 0 aliphatic heterocycles. The van der Waals surface area contributed by atoms with Crippen LogP contribution in [0.15, 0.2) is 24.3 Å². The number of ether oxygens (including phenoxy) is 1. The molecule has 1 aromatic rings. The maximum Gasteiger partial charge on any atom is 0.296 e. The first-order chi connectivity index (χ1) is 8.44. The van der Waals surface area contributed by atoms with Crippen LogP contribution in [0.1, 0.15) is 13.3 Å². The van der Waals surface area contributed by atoms with E-state index in [2.05, 4.69) is 10.0 Å². The summed E-state index contributed by atoms with van der Waals surface area (Å²) in [5, 5.41) is 8.17. The van der Waals surface area contributed by atoms with Gasteiger partial charge in [-0.1, -0.05) is 13.0 Å². The topological polar surface area (TPSA) is 93.4 Å². The second-order valence-corrected chi connectivity index (χ2v) is 5.23. The summed E-state index contributed by atoms with van der Waals surface area (Å²) in [7, 11) is -2.10. The van der Waals surface area contributed by atoms with Crippen molar-refractivity contribution >= 4 is 21.6 Å². The maximum absolute atomic E-state index is 10.9. The number of nitrogens with one attached hydrogen (secondary N) is 2. The van der Waals surface area contributed by atoms with Gasteiger partial charge in [-0.2, -0.15) is 8.42 Å². The molecule has 7 heteroatoms. The van der Waals surface area contributed by atoms with Crippen molar-refractivity contribution in [2.75, 3.05) is 23.8 Å². The quantitative estimate of drug-likeness (QED) is 0.694. The standard InChI is InChI=1S/C11H19N3O3S/c1-3-9(8-17-2)13-10-5-4-6-11(7-10)14-18(12,15)16/h4-7,9,13-14H,3,8H2,1-2H3,(H2,12,15,16). The van der Waals surface area contributed by atoms with Crippen molar-refractivity contribution in [1.29, 1.82) is 0 Å². The Labute approximate surface area is 108 Å². The predicted molar refractivity (Wildman–Crippen MR) is 72.7 cm³/mol. The van der Waals surface area contributed by atoms with Crippen LogP contribution in [-0.2, 0) is 14.9 Å². The highest BCUT2D eigenvalue weighted by atomic mass is 32.2. The average molecular weight is 273 g/mol. The molecule has 0 saturated carbocycles. The first-order valence-electron chi connectivity index (χ1n) is 5.60. The first kappa shape index (κ1) is 14.7. The van der Waals surface area contributed by atoms with Gasteiger partial charge in [-0.3, -0.25) is 4.72 Å². The third-order valence-corrected chi connectivity index (χ3v) is 2.87. The second-order valence-electron chi connectivity index (χ2n) is 3.93. The molecule has 18 heavy (non-hydrogen) atoms. The number of hydrogen-bond donors (Lipinski definition) is 3. The summed E-state index contributed by atoms with van der Waals surface area (Å²) in [5.74, 6) is 0. The van der Waals surface area contributed by atoms with Gasteiger partial charge in [0.2, 0.25) is 0 Å². The lowest BCUT2D eigenvalue weighted by Crippen LogP contribution is -2.24. The summed E-state index contributed by atoms with van der Waals surface area (Å²) >= 11 is 0. The van der Waals surface area contributed by atoms with E-state index >= 15 is 0 Å². The fourth-order valence-electron chi connectivity index (χ4n) is 1.54. The number of nitrogens with two attached hydrogens (primary N) is 1. The lowest BCUT2D eigenvalue weighted by molar-refractivity contribution is 0.184. The van der Waals surface area contributed by atoms with Crippen LogP contribution in [0.2, 0.25) is 0 Å². The summed E-state index contributed by atoms with van der Waals surface area (Å²) in [6.07, 6.45) is 0.903. The molecule has 4 N–H and O–H groups in total. The smallest absolute Gasteiger partial charge is 0.296 e. The molecule has 0 fully saturated rings. The molecular weight excluding hydrogens is 254 g/mol. The van der Waals surface area contributed by atoms with Crippen molar-refractivity contribution in [3.63, 3.8) is 0 Å². The zero-order valence-electron chi connectivity index (χ0n) is 10.5. The van der Waals surface area contributed by atoms with Crippen molar-refractivity contribution in [2.45, 2.75) is 19.4 Å². The van der Waals surface area contributed by atoms with Crippen LogP contribution >= 0.6 is 0 Å². The van der Waals surface area contributed by atoms with E-state index in [0.717, 1.165) is 12.1 Å². The molecule has 0 amide bonds. The van der Waals surface area contributed by atoms with Crippen molar-refractivity contribution in [3.05, 3.63) is 24.3 Å². The Hall–Kier alpha value is -1.31. The Morgan fingerprint density at radius 2 is 2.06 bits per heavy atom. The minimum absolute atomic E-state index is 0.180. The van der Waals surface area contributed by atoms with Crippen LogP contribution in [-0.4, -0.2) is 28.2 Å². The van der Waals surface area contributed by atoms with Gasteiger partial charge in [0, 0.05) is 18.8 Å². The van der Waals surface area contributed by atoms with Crippen LogP contribution in [0.25, 0.3) is 0 Å². The molecule has 1 aromatic carbocycles. The number of benzene rings is 1. The highest BCUT2D eigenvalue weighted by Crippen LogP contribution is 2.17. The third kappa shape index (κ3) is 5.35. The summed E-state index contributed by atoms with van der Waals surface area (Å²) < 4.78 is 29.1. The lowest BCUT2D eigenvalue weighted by atomic mass is 10.2. The summed E-state index contributed by atoms with van der Waals surface area (Å²) in [5.41, 5.74) is 1.24. The zero-order valence-corrected chi connectivity index (χ0v) is 11.3. The van der Waals surface area contributed by atoms with Gasteiger partial charge in [-0.25, -0.2) is 5.14 Å². The minimum atomic E-state index is -3.74. The Bertz CT molecular complexity index is 476. The number of rotatable bonds is 7. The Morgan fingerprint density at radius 3 is 2.61 bits per heavy atom. The lowest BCUT2D eigenvalue weighted by Gasteiger charge is -2.17. The van der Waals surface area contributed by atoms with Crippen molar-refractivity contribution in [1.82, 2.24) is 0 Å². The third-order valence-electron chi connectivity index (χ3n) is 2.35. The molecule has 6 nitrogen and oxygen atoms in total. The molecule has 102 valence electrons. The highest BCUT2D eigenvalue weighted by Gasteiger charge is 2.07. The van der Waals surface area contributed by atoms with E-state index in [1.165, 1.54) is 0 Å². The van der Waals surface area contributed by atoms with E-state index in [-0.39, 0.29) is 6.04 Å². The SMILES string of the molecule is CCC(COC)Nc1cccc(NS(N)(=O)=O)c1. The van der Waals surface area contributed by atoms with Crippen LogP contribution in [0.4, 0.5) is 11.4 Å². The average Bonchev–Trinajstić information content (AvgIpc) is 2.26. The summed E-state index contributed by atoms with van der Waals surface area (Å²) in [6, 6.07) is 7.09. The van der Waals surface area contributed by atoms with Gasteiger partial charge in [0.1, 0.15) is 0 Å². The maximum atomic E-state index is 10.9. The van der Waals surface area contributed by atoms with E-state index in [0.29, 0.717) is 12.3 Å². The molecule has 1 atom stereocenters. The molecule has 0 radical (unpaired) electrons. The van der Waals surface area contributed by atoms with Gasteiger partial charge in [0.05, 0.1) is 12.3 Å². The molecule has 0 saturated heterocycles. The van der Waals surface area contributed by atoms with E-state index in [4.69, 9.17) is 9.88 Å². The molecule has 0 aromatic heterocycles. The van der Waals surface area contributed by atoms with Crippen molar-refractivity contribution in [2.24, 2.45) is 5.14 Å². The normalized spacial score (nSPS) is 13.1. The Kier molecular flexibility index (Phi) is 5.39. The zero-order chi connectivity index (χ0) is 13.6. The molecule has 1 unspecified atom stereocenters. The van der Waals surface area contributed by atoms with Gasteiger partial charge in [0.25, 0.3) is 10.2 Å². The monoisotopic (exact) mass is 273 g/mol. The van der Waals surface area contributed by atoms with Gasteiger partial charge in [-0.15, -0.1) is 0 Å². The largest absolute Gasteiger partial charge is 0.383 e. The summed E-state index contributed by atoms with van der Waals surface area (Å²) in [4.78, 5) is 0. The number of methoxy groups -OCH3 is 1. The van der Waals surface area contributed by atoms with Gasteiger partial charge >= 0.3 is 0 Å². The van der Waals surface area contributed by atoms with E-state index < -0.39 is 10.2 Å². The fraction of sp³-hybridized carbons (Fsp3) is 0.455. The second kappa shape index (κ2) is 6.58. The van der Waals surface area contributed by atoms with Gasteiger partial charge < -0.3 is 10.1 Å². The molecule has 0 spiro atoms. The molecule has 0 aliphatic rings. The number of anilines is 2. The Morgan fingerprint density at radius 1 is 1.39 bits per heavy atom. The molecule has 0 aliphatic carbocycles. The van der Waals surface area contributed by atoms with Crippen LogP contribution in [0, 0.1) is 0 Å². The van der Waals surface area contributed by atoms with Gasteiger partial charge in [0.15, 0.2) is 0 Å². The van der Waals surface area contributed by atoms with Crippen LogP contribution in [0.5, 0.6) is 0 Å². The molecular formula is C11H19N3O3S. The van der Waals surface area contributed by atoms with E-state index in [9.17, 15) is 8.42 Å². The van der Waals surface area contributed by atoms with Crippen molar-refractivity contribution < 1.29 is 13.2 Å². The van der Waals surface area contributed by atoms with Crippen LogP contribution < -0.4 is 15.2 Å². The van der Waals surface area contributed by atoms with Crippen LogP contribution in [0.3, 0.4) is 0 Å². The molecule has 1 rings (SSSR count). The summed E-state index contributed by atoms with van der Waals surface area (Å²) in [6.45, 7) is 2.63. The number of hydrogen-bond acceptors (Lipinski definition) is 4. The predicted octanol–water partition coefficient (Wildman–Crippen LogP) is 1.14. The van der Waals surface area contributed by atoms with Gasteiger partial charge in [-0.05, 0) is 24.6 Å². The fourth-order valence-corrected chi connectivity index (χ4v) is 1.99. The first-order valence-corrected chi connectivity index (χ1v) is 7.15. The van der Waals surface area contributed by atoms with Crippen molar-refractivity contribution in [3.8, 4) is 0 Å². The Balaban J connectivity index is 2.75. The van der Waals surface area contributed by atoms with E-state index in [1.807, 2.05) is 13.0 Å².